The summed E-state index contributed by atoms with van der Waals surface area (Å²) in [5.74, 6) is 0.0309. The molecule has 1 N–H and O–H groups in total. The molecule has 0 radical (unpaired) electrons. The van der Waals surface area contributed by atoms with Gasteiger partial charge in [-0.05, 0) is 6.08 Å². The predicted octanol–water partition coefficient (Wildman–Crippen LogP) is 0.117. The lowest BCUT2D eigenvalue weighted by Crippen LogP contribution is -2.37. The van der Waals surface area contributed by atoms with Crippen LogP contribution in [0, 0.1) is 0 Å². The molecule has 14 heavy (non-hydrogen) atoms. The summed E-state index contributed by atoms with van der Waals surface area (Å²) in [4.78, 5) is 12.9. The molecule has 0 aromatic carbocycles. The first-order chi connectivity index (χ1) is 6.72. The minimum absolute atomic E-state index is 0.114. The quantitative estimate of drug-likeness (QED) is 0.644. The average Bonchev–Trinajstić information content (AvgIpc) is 2.59. The average molecular weight is 193 g/mol. The minimum atomic E-state index is -0.114. The fourth-order valence-electron chi connectivity index (χ4n) is 1.55. The van der Waals surface area contributed by atoms with E-state index in [0.29, 0.717) is 25.3 Å². The Balaban J connectivity index is 2.24. The maximum Gasteiger partial charge on any atom is 0.246 e. The van der Waals surface area contributed by atoms with E-state index >= 15 is 0 Å². The van der Waals surface area contributed by atoms with Gasteiger partial charge in [-0.15, -0.1) is 0 Å². The molecule has 1 aliphatic heterocycles. The number of hydrogen-bond donors (Lipinski definition) is 1. The van der Waals surface area contributed by atoms with Crippen LogP contribution in [0.5, 0.6) is 5.75 Å². The third kappa shape index (κ3) is 1.26. The zero-order chi connectivity index (χ0) is 10.1. The highest BCUT2D eigenvalue weighted by Gasteiger charge is 2.21. The second kappa shape index (κ2) is 3.17. The van der Waals surface area contributed by atoms with Crippen molar-refractivity contribution in [1.29, 1.82) is 0 Å². The van der Waals surface area contributed by atoms with Gasteiger partial charge in [0.2, 0.25) is 5.91 Å². The molecule has 74 valence electrons. The largest absolute Gasteiger partial charge is 0.504 e. The molecule has 0 saturated carbocycles. The Bertz CT molecular complexity index is 383. The molecule has 0 fully saturated rings. The number of aromatic hydroxyl groups is 1. The lowest BCUT2D eigenvalue weighted by atomic mass is 10.3. The van der Waals surface area contributed by atoms with Crippen molar-refractivity contribution in [3.63, 3.8) is 0 Å². The van der Waals surface area contributed by atoms with Gasteiger partial charge in [-0.3, -0.25) is 9.48 Å². The van der Waals surface area contributed by atoms with E-state index in [1.165, 1.54) is 12.3 Å². The SMILES string of the molecule is C=CC(=O)N1CCn2ncc(O)c2C1. The first kappa shape index (κ1) is 8.80. The number of nitrogens with zero attached hydrogens (tertiary/aromatic N) is 3. The molecule has 2 heterocycles. The van der Waals surface area contributed by atoms with E-state index < -0.39 is 0 Å². The van der Waals surface area contributed by atoms with E-state index in [9.17, 15) is 9.90 Å². The highest BCUT2D eigenvalue weighted by atomic mass is 16.3. The molecule has 0 bridgehead atoms. The topological polar surface area (TPSA) is 58.4 Å². The Kier molecular flexibility index (Phi) is 1.99. The van der Waals surface area contributed by atoms with Crippen molar-refractivity contribution < 1.29 is 9.90 Å². The van der Waals surface area contributed by atoms with Gasteiger partial charge in [0.1, 0.15) is 0 Å². The summed E-state index contributed by atoms with van der Waals surface area (Å²) in [5.41, 5.74) is 0.687. The van der Waals surface area contributed by atoms with Crippen molar-refractivity contribution in [3.8, 4) is 5.75 Å². The fraction of sp³-hybridized carbons (Fsp3) is 0.333. The lowest BCUT2D eigenvalue weighted by molar-refractivity contribution is -0.127. The zero-order valence-electron chi connectivity index (χ0n) is 7.68. The molecule has 1 aromatic rings. The van der Waals surface area contributed by atoms with E-state index in [1.807, 2.05) is 0 Å². The van der Waals surface area contributed by atoms with E-state index in [4.69, 9.17) is 0 Å². The highest BCUT2D eigenvalue weighted by molar-refractivity contribution is 5.87. The summed E-state index contributed by atoms with van der Waals surface area (Å²) >= 11 is 0. The van der Waals surface area contributed by atoms with Crippen LogP contribution in [0.25, 0.3) is 0 Å². The van der Waals surface area contributed by atoms with Gasteiger partial charge < -0.3 is 10.0 Å². The predicted molar refractivity (Wildman–Crippen MR) is 49.5 cm³/mol. The van der Waals surface area contributed by atoms with Crippen LogP contribution in [-0.4, -0.2) is 32.2 Å². The number of hydrogen-bond acceptors (Lipinski definition) is 3. The number of carbonyl (C=O) groups is 1. The second-order valence-electron chi connectivity index (χ2n) is 3.16. The summed E-state index contributed by atoms with van der Waals surface area (Å²) in [6.07, 6.45) is 2.68. The van der Waals surface area contributed by atoms with Gasteiger partial charge in [0.05, 0.1) is 25.0 Å². The highest BCUT2D eigenvalue weighted by Crippen LogP contribution is 2.21. The smallest absolute Gasteiger partial charge is 0.246 e. The monoisotopic (exact) mass is 193 g/mol. The summed E-state index contributed by atoms with van der Waals surface area (Å²) in [5, 5.41) is 13.4. The van der Waals surface area contributed by atoms with Crippen molar-refractivity contribution in [2.45, 2.75) is 13.1 Å². The van der Waals surface area contributed by atoms with Crippen LogP contribution in [0.15, 0.2) is 18.9 Å². The number of rotatable bonds is 1. The standard InChI is InChI=1S/C9H11N3O2/c1-2-9(14)11-3-4-12-7(6-11)8(13)5-10-12/h2,5,13H,1,3-4,6H2. The van der Waals surface area contributed by atoms with Crippen LogP contribution >= 0.6 is 0 Å². The summed E-state index contributed by atoms with van der Waals surface area (Å²) in [7, 11) is 0. The normalized spacial score (nSPS) is 15.0. The molecule has 0 spiro atoms. The Labute approximate surface area is 81.2 Å². The molecule has 2 rings (SSSR count). The summed E-state index contributed by atoms with van der Waals surface area (Å²) in [6.45, 7) is 5.06. The van der Waals surface area contributed by atoms with Gasteiger partial charge >= 0.3 is 0 Å². The van der Waals surface area contributed by atoms with Gasteiger partial charge in [-0.2, -0.15) is 5.10 Å². The second-order valence-corrected chi connectivity index (χ2v) is 3.16. The Morgan fingerprint density at radius 3 is 3.14 bits per heavy atom. The molecule has 1 amide bonds. The van der Waals surface area contributed by atoms with E-state index in [-0.39, 0.29) is 11.7 Å². The van der Waals surface area contributed by atoms with Crippen molar-refractivity contribution in [2.24, 2.45) is 0 Å². The first-order valence-corrected chi connectivity index (χ1v) is 4.37. The van der Waals surface area contributed by atoms with Crippen molar-refractivity contribution >= 4 is 5.91 Å². The third-order valence-electron chi connectivity index (χ3n) is 2.34. The van der Waals surface area contributed by atoms with Crippen LogP contribution in [-0.2, 0) is 17.9 Å². The molecule has 1 aliphatic rings. The number of amides is 1. The molecular formula is C9H11N3O2. The van der Waals surface area contributed by atoms with Gasteiger partial charge in [-0.25, -0.2) is 0 Å². The van der Waals surface area contributed by atoms with Crippen LogP contribution in [0.2, 0.25) is 0 Å². The van der Waals surface area contributed by atoms with Crippen LogP contribution in [0.1, 0.15) is 5.69 Å². The Morgan fingerprint density at radius 2 is 2.43 bits per heavy atom. The van der Waals surface area contributed by atoms with E-state index in [2.05, 4.69) is 11.7 Å². The van der Waals surface area contributed by atoms with Gasteiger partial charge in [0.25, 0.3) is 0 Å². The molecule has 0 unspecified atom stereocenters. The summed E-state index contributed by atoms with van der Waals surface area (Å²) < 4.78 is 1.71. The number of aromatic nitrogens is 2. The minimum Gasteiger partial charge on any atom is -0.504 e. The van der Waals surface area contributed by atoms with E-state index in [0.717, 1.165) is 0 Å². The van der Waals surface area contributed by atoms with E-state index in [1.54, 1.807) is 9.58 Å². The van der Waals surface area contributed by atoms with Gasteiger partial charge in [-0.1, -0.05) is 6.58 Å². The molecule has 0 aliphatic carbocycles. The molecular weight excluding hydrogens is 182 g/mol. The Morgan fingerprint density at radius 1 is 1.64 bits per heavy atom. The van der Waals surface area contributed by atoms with Crippen molar-refractivity contribution in [2.75, 3.05) is 6.54 Å². The van der Waals surface area contributed by atoms with Gasteiger partial charge in [0, 0.05) is 6.54 Å². The zero-order valence-corrected chi connectivity index (χ0v) is 7.68. The number of carbonyl (C=O) groups excluding carboxylic acids is 1. The van der Waals surface area contributed by atoms with Crippen LogP contribution in [0.3, 0.4) is 0 Å². The van der Waals surface area contributed by atoms with Crippen LogP contribution in [0.4, 0.5) is 0 Å². The van der Waals surface area contributed by atoms with Crippen molar-refractivity contribution in [3.05, 3.63) is 24.5 Å². The molecule has 1 aromatic heterocycles. The van der Waals surface area contributed by atoms with Crippen molar-refractivity contribution in [1.82, 2.24) is 14.7 Å². The maximum absolute atomic E-state index is 11.3. The molecule has 0 atom stereocenters. The lowest BCUT2D eigenvalue weighted by Gasteiger charge is -2.26. The number of fused-ring (bicyclic) bond motifs is 1. The maximum atomic E-state index is 11.3. The Hall–Kier alpha value is -1.78. The third-order valence-corrected chi connectivity index (χ3v) is 2.34. The molecule has 5 heteroatoms. The van der Waals surface area contributed by atoms with Gasteiger partial charge in [0.15, 0.2) is 5.75 Å². The fourth-order valence-corrected chi connectivity index (χ4v) is 1.55. The van der Waals surface area contributed by atoms with Crippen LogP contribution < -0.4 is 0 Å². The molecule has 0 saturated heterocycles. The molecule has 5 nitrogen and oxygen atoms in total. The summed E-state index contributed by atoms with van der Waals surface area (Å²) in [6, 6.07) is 0. The first-order valence-electron chi connectivity index (χ1n) is 4.37.